The summed E-state index contributed by atoms with van der Waals surface area (Å²) in [5.41, 5.74) is 2.44. The highest BCUT2D eigenvalue weighted by Gasteiger charge is 2.07. The molecule has 0 fully saturated rings. The van der Waals surface area contributed by atoms with E-state index in [0.29, 0.717) is 5.56 Å². The standard InChI is InChI=1S/C23H21NO2S/c1-17(16-22(25)18-8-4-3-5-9-18)24-21-10-6-7-11-23(21)27-20-14-12-19(26-2)13-15-20/h3-16,24H,1-2H3. The van der Waals surface area contributed by atoms with Crippen LogP contribution in [-0.2, 0) is 0 Å². The van der Waals surface area contributed by atoms with Crippen LogP contribution < -0.4 is 10.1 Å². The molecule has 136 valence electrons. The van der Waals surface area contributed by atoms with Crippen LogP contribution >= 0.6 is 11.8 Å². The van der Waals surface area contributed by atoms with E-state index in [1.165, 1.54) is 0 Å². The number of rotatable bonds is 7. The molecule has 0 aliphatic rings. The van der Waals surface area contributed by atoms with Crippen molar-refractivity contribution in [2.45, 2.75) is 16.7 Å². The van der Waals surface area contributed by atoms with Gasteiger partial charge in [-0.2, -0.15) is 0 Å². The van der Waals surface area contributed by atoms with E-state index in [1.54, 1.807) is 24.9 Å². The summed E-state index contributed by atoms with van der Waals surface area (Å²) in [6.45, 7) is 1.90. The Kier molecular flexibility index (Phi) is 6.34. The van der Waals surface area contributed by atoms with Gasteiger partial charge in [0.15, 0.2) is 5.78 Å². The molecular formula is C23H21NO2S. The van der Waals surface area contributed by atoms with Gasteiger partial charge >= 0.3 is 0 Å². The average Bonchev–Trinajstić information content (AvgIpc) is 2.70. The lowest BCUT2D eigenvalue weighted by Crippen LogP contribution is -2.02. The van der Waals surface area contributed by atoms with Crippen LogP contribution in [0.2, 0.25) is 0 Å². The van der Waals surface area contributed by atoms with Crippen molar-refractivity contribution in [2.75, 3.05) is 12.4 Å². The second kappa shape index (κ2) is 9.10. The first-order valence-corrected chi connectivity index (χ1v) is 9.43. The molecule has 0 aliphatic carbocycles. The molecule has 0 aromatic heterocycles. The number of methoxy groups -OCH3 is 1. The summed E-state index contributed by atoms with van der Waals surface area (Å²) in [7, 11) is 1.66. The van der Waals surface area contributed by atoms with E-state index in [1.807, 2.05) is 79.7 Å². The number of hydrogen-bond acceptors (Lipinski definition) is 4. The third-order valence-electron chi connectivity index (χ3n) is 3.91. The highest BCUT2D eigenvalue weighted by molar-refractivity contribution is 7.99. The molecule has 0 heterocycles. The maximum Gasteiger partial charge on any atom is 0.187 e. The third-order valence-corrected chi connectivity index (χ3v) is 5.00. The van der Waals surface area contributed by atoms with Crippen LogP contribution in [0.1, 0.15) is 17.3 Å². The molecule has 1 N–H and O–H groups in total. The number of benzene rings is 3. The molecule has 3 rings (SSSR count). The molecule has 27 heavy (non-hydrogen) atoms. The number of carbonyl (C=O) groups is 1. The summed E-state index contributed by atoms with van der Waals surface area (Å²) in [6, 6.07) is 25.3. The molecule has 0 saturated heterocycles. The van der Waals surface area contributed by atoms with Gasteiger partial charge in [0, 0.05) is 27.1 Å². The molecular weight excluding hydrogens is 354 g/mol. The normalized spacial score (nSPS) is 11.1. The van der Waals surface area contributed by atoms with E-state index in [4.69, 9.17) is 4.74 Å². The van der Waals surface area contributed by atoms with Crippen molar-refractivity contribution >= 4 is 23.2 Å². The second-order valence-electron chi connectivity index (χ2n) is 5.96. The number of para-hydroxylation sites is 1. The van der Waals surface area contributed by atoms with Gasteiger partial charge in [0.25, 0.3) is 0 Å². The first-order valence-electron chi connectivity index (χ1n) is 8.61. The topological polar surface area (TPSA) is 38.3 Å². The minimum atomic E-state index is -0.0131. The first kappa shape index (κ1) is 18.8. The molecule has 0 spiro atoms. The van der Waals surface area contributed by atoms with Gasteiger partial charge in [-0.25, -0.2) is 0 Å². The molecule has 3 aromatic carbocycles. The zero-order valence-electron chi connectivity index (χ0n) is 15.3. The minimum absolute atomic E-state index is 0.0131. The fraction of sp³-hybridized carbons (Fsp3) is 0.0870. The molecule has 0 unspecified atom stereocenters. The lowest BCUT2D eigenvalue weighted by atomic mass is 10.1. The molecule has 3 aromatic rings. The molecule has 3 nitrogen and oxygen atoms in total. The van der Waals surface area contributed by atoms with Crippen LogP contribution in [0.5, 0.6) is 5.75 Å². The van der Waals surface area contributed by atoms with Crippen molar-refractivity contribution in [3.05, 3.63) is 96.2 Å². The summed E-state index contributed by atoms with van der Waals surface area (Å²) < 4.78 is 5.21. The fourth-order valence-electron chi connectivity index (χ4n) is 2.56. The fourth-order valence-corrected chi connectivity index (χ4v) is 3.46. The quantitative estimate of drug-likeness (QED) is 0.403. The van der Waals surface area contributed by atoms with Gasteiger partial charge in [-0.3, -0.25) is 4.79 Å². The van der Waals surface area contributed by atoms with Crippen molar-refractivity contribution < 1.29 is 9.53 Å². The van der Waals surface area contributed by atoms with E-state index < -0.39 is 0 Å². The number of ketones is 1. The zero-order chi connectivity index (χ0) is 19.1. The Morgan fingerprint density at radius 1 is 0.926 bits per heavy atom. The molecule has 0 aliphatic heterocycles. The first-order chi connectivity index (χ1) is 13.2. The Hall–Kier alpha value is -2.98. The SMILES string of the molecule is COc1ccc(Sc2ccccc2NC(C)=CC(=O)c2ccccc2)cc1. The van der Waals surface area contributed by atoms with E-state index >= 15 is 0 Å². The smallest absolute Gasteiger partial charge is 0.187 e. The highest BCUT2D eigenvalue weighted by Crippen LogP contribution is 2.34. The van der Waals surface area contributed by atoms with Crippen LogP contribution in [0.3, 0.4) is 0 Å². The number of hydrogen-bond donors (Lipinski definition) is 1. The number of carbonyl (C=O) groups excluding carboxylic acids is 1. The zero-order valence-corrected chi connectivity index (χ0v) is 16.1. The van der Waals surface area contributed by atoms with Crippen molar-refractivity contribution in [3.8, 4) is 5.75 Å². The van der Waals surface area contributed by atoms with Crippen molar-refractivity contribution in [2.24, 2.45) is 0 Å². The lowest BCUT2D eigenvalue weighted by molar-refractivity contribution is 0.104. The van der Waals surface area contributed by atoms with E-state index in [2.05, 4.69) is 11.4 Å². The summed E-state index contributed by atoms with van der Waals surface area (Å²) in [4.78, 5) is 14.6. The number of nitrogens with one attached hydrogen (secondary N) is 1. The molecule has 0 atom stereocenters. The van der Waals surface area contributed by atoms with Crippen molar-refractivity contribution in [3.63, 3.8) is 0 Å². The lowest BCUT2D eigenvalue weighted by Gasteiger charge is -2.12. The second-order valence-corrected chi connectivity index (χ2v) is 7.07. The van der Waals surface area contributed by atoms with Crippen molar-refractivity contribution in [1.29, 1.82) is 0 Å². The van der Waals surface area contributed by atoms with Gasteiger partial charge in [-0.05, 0) is 43.3 Å². The van der Waals surface area contributed by atoms with E-state index in [9.17, 15) is 4.79 Å². The maximum atomic E-state index is 12.3. The van der Waals surface area contributed by atoms with Gasteiger partial charge in [0.1, 0.15) is 5.75 Å². The number of anilines is 1. The largest absolute Gasteiger partial charge is 0.497 e. The molecule has 0 radical (unpaired) electrons. The minimum Gasteiger partial charge on any atom is -0.497 e. The monoisotopic (exact) mass is 375 g/mol. The van der Waals surface area contributed by atoms with Crippen LogP contribution in [0, 0.1) is 0 Å². The predicted molar refractivity (Wildman–Crippen MR) is 112 cm³/mol. The Morgan fingerprint density at radius 3 is 2.30 bits per heavy atom. The van der Waals surface area contributed by atoms with E-state index in [0.717, 1.165) is 26.9 Å². The average molecular weight is 375 g/mol. The van der Waals surface area contributed by atoms with Crippen LogP contribution in [0.4, 0.5) is 5.69 Å². The van der Waals surface area contributed by atoms with Gasteiger partial charge in [0.2, 0.25) is 0 Å². The van der Waals surface area contributed by atoms with E-state index in [-0.39, 0.29) is 5.78 Å². The van der Waals surface area contributed by atoms with Gasteiger partial charge in [-0.1, -0.05) is 54.2 Å². The molecule has 0 saturated carbocycles. The van der Waals surface area contributed by atoms with Gasteiger partial charge in [-0.15, -0.1) is 0 Å². The highest BCUT2D eigenvalue weighted by atomic mass is 32.2. The predicted octanol–water partition coefficient (Wildman–Crippen LogP) is 6.05. The summed E-state index contributed by atoms with van der Waals surface area (Å²) in [5.74, 6) is 0.824. The van der Waals surface area contributed by atoms with Crippen molar-refractivity contribution in [1.82, 2.24) is 0 Å². The Morgan fingerprint density at radius 2 is 1.59 bits per heavy atom. The van der Waals surface area contributed by atoms with Gasteiger partial charge < -0.3 is 10.1 Å². The third kappa shape index (κ3) is 5.25. The summed E-state index contributed by atoms with van der Waals surface area (Å²) in [5, 5.41) is 3.35. The molecule has 4 heteroatoms. The number of allylic oxidation sites excluding steroid dienone is 2. The van der Waals surface area contributed by atoms with Crippen LogP contribution in [-0.4, -0.2) is 12.9 Å². The maximum absolute atomic E-state index is 12.3. The van der Waals surface area contributed by atoms with Crippen LogP contribution in [0.25, 0.3) is 0 Å². The van der Waals surface area contributed by atoms with Gasteiger partial charge in [0.05, 0.1) is 12.8 Å². The van der Waals surface area contributed by atoms with Crippen LogP contribution in [0.15, 0.2) is 100 Å². The summed E-state index contributed by atoms with van der Waals surface area (Å²) >= 11 is 1.66. The molecule has 0 amide bonds. The number of ether oxygens (including phenoxy) is 1. The summed E-state index contributed by atoms with van der Waals surface area (Å²) in [6.07, 6.45) is 1.63. The Labute approximate surface area is 164 Å². The molecule has 0 bridgehead atoms. The Balaban J connectivity index is 1.75. The Bertz CT molecular complexity index is 934.